The molecule has 88 valence electrons. The molecule has 4 heteroatoms. The maximum absolute atomic E-state index is 8.41. The van der Waals surface area contributed by atoms with E-state index in [1.807, 2.05) is 0 Å². The van der Waals surface area contributed by atoms with Gasteiger partial charge in [-0.1, -0.05) is 19.0 Å². The van der Waals surface area contributed by atoms with E-state index in [0.29, 0.717) is 12.3 Å². The van der Waals surface area contributed by atoms with Gasteiger partial charge >= 0.3 is 0 Å². The summed E-state index contributed by atoms with van der Waals surface area (Å²) in [6.45, 7) is 8.07. The molecular formula is C11H23N3O. The van der Waals surface area contributed by atoms with Gasteiger partial charge in [-0.05, 0) is 31.2 Å². The van der Waals surface area contributed by atoms with Crippen molar-refractivity contribution in [3.8, 4) is 0 Å². The number of rotatable bonds is 4. The van der Waals surface area contributed by atoms with Crippen LogP contribution < -0.4 is 5.73 Å². The molecule has 1 aliphatic heterocycles. The van der Waals surface area contributed by atoms with Crippen molar-refractivity contribution in [2.75, 3.05) is 19.6 Å². The minimum absolute atomic E-state index is 0.341. The average molecular weight is 213 g/mol. The summed E-state index contributed by atoms with van der Waals surface area (Å²) in [5, 5.41) is 11.4. The van der Waals surface area contributed by atoms with E-state index in [2.05, 4.69) is 23.9 Å². The number of hydrogen-bond acceptors (Lipinski definition) is 3. The molecule has 15 heavy (non-hydrogen) atoms. The second-order valence-electron chi connectivity index (χ2n) is 4.90. The first-order chi connectivity index (χ1) is 7.11. The Kier molecular flexibility index (Phi) is 4.88. The highest BCUT2D eigenvalue weighted by molar-refractivity contribution is 5.79. The minimum Gasteiger partial charge on any atom is -0.409 e. The second-order valence-corrected chi connectivity index (χ2v) is 4.90. The smallest absolute Gasteiger partial charge is 0.139 e. The lowest BCUT2D eigenvalue weighted by molar-refractivity contribution is 0.140. The molecule has 1 fully saturated rings. The summed E-state index contributed by atoms with van der Waals surface area (Å²) in [6.07, 6.45) is 3.02. The van der Waals surface area contributed by atoms with Gasteiger partial charge in [-0.15, -0.1) is 0 Å². The molecule has 1 aliphatic rings. The number of piperidine rings is 1. The van der Waals surface area contributed by atoms with Crippen LogP contribution in [0.3, 0.4) is 0 Å². The van der Waals surface area contributed by atoms with Gasteiger partial charge in [-0.3, -0.25) is 0 Å². The molecule has 2 unspecified atom stereocenters. The molecule has 0 radical (unpaired) electrons. The van der Waals surface area contributed by atoms with E-state index in [0.717, 1.165) is 24.8 Å². The molecule has 0 amide bonds. The quantitative estimate of drug-likeness (QED) is 0.322. The van der Waals surface area contributed by atoms with E-state index < -0.39 is 0 Å². The number of likely N-dealkylation sites (tertiary alicyclic amines) is 1. The fourth-order valence-electron chi connectivity index (χ4n) is 2.51. The molecule has 0 saturated carbocycles. The second kappa shape index (κ2) is 5.95. The summed E-state index contributed by atoms with van der Waals surface area (Å²) < 4.78 is 0. The van der Waals surface area contributed by atoms with Gasteiger partial charge < -0.3 is 15.8 Å². The molecule has 0 aliphatic carbocycles. The van der Waals surface area contributed by atoms with Gasteiger partial charge in [-0.25, -0.2) is 0 Å². The predicted octanol–water partition coefficient (Wildman–Crippen LogP) is 1.49. The summed E-state index contributed by atoms with van der Waals surface area (Å²) in [5.41, 5.74) is 5.42. The topological polar surface area (TPSA) is 61.8 Å². The number of nitrogens with zero attached hydrogens (tertiary/aromatic N) is 2. The van der Waals surface area contributed by atoms with Crippen molar-refractivity contribution in [2.24, 2.45) is 22.7 Å². The molecule has 0 aromatic carbocycles. The van der Waals surface area contributed by atoms with Crippen molar-refractivity contribution < 1.29 is 5.21 Å². The summed E-state index contributed by atoms with van der Waals surface area (Å²) in [5.74, 6) is 1.95. The Balaban J connectivity index is 2.20. The average Bonchev–Trinajstić information content (AvgIpc) is 2.16. The van der Waals surface area contributed by atoms with Crippen molar-refractivity contribution in [1.29, 1.82) is 0 Å². The van der Waals surface area contributed by atoms with Crippen LogP contribution in [-0.2, 0) is 0 Å². The lowest BCUT2D eigenvalue weighted by atomic mass is 9.92. The number of nitrogens with two attached hydrogens (primary N) is 1. The zero-order valence-electron chi connectivity index (χ0n) is 9.82. The molecule has 4 nitrogen and oxygen atoms in total. The molecule has 1 heterocycles. The normalized spacial score (nSPS) is 29.3. The third kappa shape index (κ3) is 4.51. The Morgan fingerprint density at radius 2 is 2.00 bits per heavy atom. The van der Waals surface area contributed by atoms with Crippen LogP contribution in [0.2, 0.25) is 0 Å². The van der Waals surface area contributed by atoms with Crippen LogP contribution >= 0.6 is 0 Å². The molecule has 3 N–H and O–H groups in total. The highest BCUT2D eigenvalue weighted by Crippen LogP contribution is 2.20. The van der Waals surface area contributed by atoms with Crippen molar-refractivity contribution in [2.45, 2.75) is 33.1 Å². The van der Waals surface area contributed by atoms with Crippen LogP contribution in [0.4, 0.5) is 0 Å². The first kappa shape index (κ1) is 12.3. The molecule has 1 saturated heterocycles. The van der Waals surface area contributed by atoms with Gasteiger partial charge in [0.25, 0.3) is 0 Å². The molecule has 0 aromatic rings. The summed E-state index contributed by atoms with van der Waals surface area (Å²) in [7, 11) is 0. The fraction of sp³-hybridized carbons (Fsp3) is 0.909. The molecule has 2 atom stereocenters. The molecule has 0 aromatic heterocycles. The zero-order valence-corrected chi connectivity index (χ0v) is 9.82. The van der Waals surface area contributed by atoms with Crippen LogP contribution in [0.15, 0.2) is 5.16 Å². The van der Waals surface area contributed by atoms with Gasteiger partial charge in [0.15, 0.2) is 0 Å². The van der Waals surface area contributed by atoms with Crippen molar-refractivity contribution >= 4 is 5.84 Å². The monoisotopic (exact) mass is 213 g/mol. The Labute approximate surface area is 92.1 Å². The van der Waals surface area contributed by atoms with Crippen molar-refractivity contribution in [3.05, 3.63) is 0 Å². The van der Waals surface area contributed by atoms with E-state index in [1.54, 1.807) is 0 Å². The Hall–Kier alpha value is -0.770. The Bertz CT molecular complexity index is 208. The van der Waals surface area contributed by atoms with Crippen LogP contribution in [0.25, 0.3) is 0 Å². The molecule has 1 rings (SSSR count). The highest BCUT2D eigenvalue weighted by Gasteiger charge is 2.20. The SMILES string of the molecule is CC1CC(C)CN(CCC/C(N)=N/O)C1. The third-order valence-electron chi connectivity index (χ3n) is 2.98. The van der Waals surface area contributed by atoms with Gasteiger partial charge in [0.2, 0.25) is 0 Å². The third-order valence-corrected chi connectivity index (χ3v) is 2.98. The molecule has 0 spiro atoms. The lowest BCUT2D eigenvalue weighted by Gasteiger charge is -2.34. The van der Waals surface area contributed by atoms with E-state index in [-0.39, 0.29) is 0 Å². The number of oxime groups is 1. The van der Waals surface area contributed by atoms with E-state index >= 15 is 0 Å². The maximum atomic E-state index is 8.41. The molecular weight excluding hydrogens is 190 g/mol. The predicted molar refractivity (Wildman–Crippen MR) is 62.0 cm³/mol. The Morgan fingerprint density at radius 1 is 1.40 bits per heavy atom. The van der Waals surface area contributed by atoms with Crippen molar-refractivity contribution in [1.82, 2.24) is 4.90 Å². The van der Waals surface area contributed by atoms with Gasteiger partial charge in [0, 0.05) is 19.5 Å². The van der Waals surface area contributed by atoms with Crippen molar-refractivity contribution in [3.63, 3.8) is 0 Å². The van der Waals surface area contributed by atoms with E-state index in [4.69, 9.17) is 10.9 Å². The van der Waals surface area contributed by atoms with Gasteiger partial charge in [0.05, 0.1) is 0 Å². The zero-order chi connectivity index (χ0) is 11.3. The largest absolute Gasteiger partial charge is 0.409 e. The summed E-state index contributed by atoms with van der Waals surface area (Å²) in [6, 6.07) is 0. The molecule has 0 bridgehead atoms. The van der Waals surface area contributed by atoms with Gasteiger partial charge in [0.1, 0.15) is 5.84 Å². The first-order valence-electron chi connectivity index (χ1n) is 5.80. The number of amidine groups is 1. The highest BCUT2D eigenvalue weighted by atomic mass is 16.4. The van der Waals surface area contributed by atoms with Crippen LogP contribution in [0.1, 0.15) is 33.1 Å². The van der Waals surface area contributed by atoms with E-state index in [1.165, 1.54) is 19.5 Å². The first-order valence-corrected chi connectivity index (χ1v) is 5.80. The maximum Gasteiger partial charge on any atom is 0.139 e. The lowest BCUT2D eigenvalue weighted by Crippen LogP contribution is -2.39. The van der Waals surface area contributed by atoms with E-state index in [9.17, 15) is 0 Å². The van der Waals surface area contributed by atoms with Gasteiger partial charge in [-0.2, -0.15) is 0 Å². The summed E-state index contributed by atoms with van der Waals surface area (Å²) in [4.78, 5) is 2.49. The van der Waals surface area contributed by atoms with Crippen LogP contribution in [0.5, 0.6) is 0 Å². The number of hydrogen-bond donors (Lipinski definition) is 2. The van der Waals surface area contributed by atoms with Crippen LogP contribution in [-0.4, -0.2) is 35.6 Å². The summed E-state index contributed by atoms with van der Waals surface area (Å²) >= 11 is 0. The Morgan fingerprint density at radius 3 is 2.53 bits per heavy atom. The standard InChI is InChI=1S/C11H23N3O/c1-9-6-10(2)8-14(7-9)5-3-4-11(12)13-15/h9-10,15H,3-8H2,1-2H3,(H2,12,13). The fourth-order valence-corrected chi connectivity index (χ4v) is 2.51. The minimum atomic E-state index is 0.341. The van der Waals surface area contributed by atoms with Crippen LogP contribution in [0, 0.1) is 11.8 Å².